The van der Waals surface area contributed by atoms with E-state index in [2.05, 4.69) is 20.7 Å². The number of nitrogens with two attached hydrogens (primary N) is 1. The lowest BCUT2D eigenvalue weighted by Gasteiger charge is -2.49. The fraction of sp³-hybridized carbons (Fsp3) is 0.250. The SMILES string of the molecule is C[n+]1nn(Cc2ccc(/C=C/C3=C(C(=O)O)N4C(=O)C(NC(=O)/C(=N\OC(C)(C)C(=O)O)c5csc(N)n5)C4SC3)cc2)c2cc(O)c(O)cc21. The van der Waals surface area contributed by atoms with Crippen LogP contribution in [0.4, 0.5) is 5.13 Å². The van der Waals surface area contributed by atoms with E-state index in [1.54, 1.807) is 28.6 Å². The number of nitrogen functional groups attached to an aromatic ring is 1. The van der Waals surface area contributed by atoms with Gasteiger partial charge in [0.05, 0.1) is 5.21 Å². The van der Waals surface area contributed by atoms with Gasteiger partial charge >= 0.3 is 11.9 Å². The number of benzene rings is 2. The number of rotatable bonds is 11. The molecule has 0 aliphatic carbocycles. The molecule has 2 aromatic heterocycles. The van der Waals surface area contributed by atoms with Crippen molar-refractivity contribution < 1.29 is 49.1 Å². The molecule has 4 aromatic rings. The highest BCUT2D eigenvalue weighted by molar-refractivity contribution is 8.00. The van der Waals surface area contributed by atoms with Crippen molar-refractivity contribution in [3.63, 3.8) is 0 Å². The predicted molar refractivity (Wildman–Crippen MR) is 184 cm³/mol. The highest BCUT2D eigenvalue weighted by Gasteiger charge is 2.54. The minimum atomic E-state index is -1.78. The van der Waals surface area contributed by atoms with E-state index in [-0.39, 0.29) is 33.8 Å². The Morgan fingerprint density at radius 3 is 2.51 bits per heavy atom. The van der Waals surface area contributed by atoms with Crippen LogP contribution in [0.1, 0.15) is 30.7 Å². The number of thiazole rings is 1. The second-order valence-electron chi connectivity index (χ2n) is 12.0. The van der Waals surface area contributed by atoms with Crippen LogP contribution in [0, 0.1) is 0 Å². The van der Waals surface area contributed by atoms with Crippen LogP contribution in [0.25, 0.3) is 17.1 Å². The minimum absolute atomic E-state index is 0.00751. The Kier molecular flexibility index (Phi) is 9.17. The van der Waals surface area contributed by atoms with Gasteiger partial charge in [-0.05, 0) is 30.5 Å². The summed E-state index contributed by atoms with van der Waals surface area (Å²) in [7, 11) is 1.73. The van der Waals surface area contributed by atoms with Gasteiger partial charge in [0.15, 0.2) is 22.3 Å². The number of anilines is 1. The van der Waals surface area contributed by atoms with Crippen LogP contribution in [0.3, 0.4) is 0 Å². The van der Waals surface area contributed by atoms with E-state index in [0.29, 0.717) is 23.2 Å². The number of oxime groups is 1. The number of allylic oxidation sites excluding steroid dienone is 1. The molecule has 2 atom stereocenters. The first kappa shape index (κ1) is 34.9. The van der Waals surface area contributed by atoms with Crippen LogP contribution in [0.15, 0.2) is 64.3 Å². The standard InChI is InChI=1S/C32H30N8O9S2/c1-32(2,30(47)48)49-36-23(18-14-51-31(33)34-18)26(43)35-24-27(44)40-25(29(45)46)17(13-50-28(24)40)9-8-15-4-6-16(7-5-15)12-39-20-11-22(42)21(41)10-19(20)38(3)37-39/h4-11,14,24,28,37H,12-13H2,1-3H3,(H5,33,34,35,43,45,46,47,48)/p+1/b9-8+,36-23-. The lowest BCUT2D eigenvalue weighted by molar-refractivity contribution is -0.709. The number of β-lactam (4-membered cyclic amide) rings is 1. The van der Waals surface area contributed by atoms with Crippen molar-refractivity contribution in [3.05, 3.63) is 75.9 Å². The summed E-state index contributed by atoms with van der Waals surface area (Å²) in [5, 5.41) is 50.8. The highest BCUT2D eigenvalue weighted by Crippen LogP contribution is 2.41. The molecule has 1 fully saturated rings. The fourth-order valence-electron chi connectivity index (χ4n) is 5.28. The van der Waals surface area contributed by atoms with E-state index in [9.17, 15) is 39.6 Å². The zero-order chi connectivity index (χ0) is 36.8. The molecule has 51 heavy (non-hydrogen) atoms. The van der Waals surface area contributed by atoms with Crippen LogP contribution >= 0.6 is 23.1 Å². The number of nitrogens with one attached hydrogen (secondary N) is 1. The molecule has 2 aliphatic rings. The van der Waals surface area contributed by atoms with Crippen LogP contribution < -0.4 is 15.7 Å². The predicted octanol–water partition coefficient (Wildman–Crippen LogP) is 1.39. The summed E-state index contributed by atoms with van der Waals surface area (Å²) in [6, 6.07) is 9.22. The number of phenols is 2. The summed E-state index contributed by atoms with van der Waals surface area (Å²) in [4.78, 5) is 60.8. The topological polar surface area (TPSA) is 247 Å². The zero-order valence-electron chi connectivity index (χ0n) is 27.2. The summed E-state index contributed by atoms with van der Waals surface area (Å²) in [6.45, 7) is 2.86. The van der Waals surface area contributed by atoms with E-state index < -0.39 is 46.5 Å². The quantitative estimate of drug-likeness (QED) is 0.0420. The molecular weight excluding hydrogens is 705 g/mol. The number of aromatic nitrogens is 4. The van der Waals surface area contributed by atoms with E-state index >= 15 is 0 Å². The van der Waals surface area contributed by atoms with Gasteiger partial charge in [-0.25, -0.2) is 14.6 Å². The maximum Gasteiger partial charge on any atom is 0.352 e. The molecule has 1 saturated heterocycles. The van der Waals surface area contributed by atoms with Crippen LogP contribution in [-0.2, 0) is 37.6 Å². The average molecular weight is 736 g/mol. The summed E-state index contributed by atoms with van der Waals surface area (Å²) in [6.07, 6.45) is 3.37. The lowest BCUT2D eigenvalue weighted by atomic mass is 10.0. The van der Waals surface area contributed by atoms with Crippen LogP contribution in [-0.4, -0.2) is 92.4 Å². The van der Waals surface area contributed by atoms with Crippen molar-refractivity contribution in [1.82, 2.24) is 25.1 Å². The molecule has 2 amide bonds. The first-order valence-electron chi connectivity index (χ1n) is 15.1. The van der Waals surface area contributed by atoms with Crippen LogP contribution in [0.5, 0.6) is 11.5 Å². The van der Waals surface area contributed by atoms with Gasteiger partial charge in [0.2, 0.25) is 16.6 Å². The van der Waals surface area contributed by atoms with Crippen molar-refractivity contribution in [2.24, 2.45) is 12.2 Å². The van der Waals surface area contributed by atoms with E-state index in [0.717, 1.165) is 27.4 Å². The third kappa shape index (κ3) is 6.80. The van der Waals surface area contributed by atoms with Gasteiger partial charge in [-0.1, -0.05) is 41.6 Å². The van der Waals surface area contributed by atoms with E-state index in [1.807, 2.05) is 24.3 Å². The number of aryl methyl sites for hydroxylation is 1. The summed E-state index contributed by atoms with van der Waals surface area (Å²) in [5.41, 5.74) is 6.66. The monoisotopic (exact) mass is 735 g/mol. The van der Waals surface area contributed by atoms with Crippen molar-refractivity contribution >= 4 is 74.8 Å². The number of carboxylic acids is 2. The van der Waals surface area contributed by atoms with Gasteiger partial charge in [0.1, 0.15) is 36.4 Å². The molecule has 2 aromatic carbocycles. The Morgan fingerprint density at radius 2 is 1.86 bits per heavy atom. The Hall–Kier alpha value is -5.95. The number of hydrogen-bond acceptors (Lipinski definition) is 13. The lowest BCUT2D eigenvalue weighted by Crippen LogP contribution is -2.71. The molecule has 19 heteroatoms. The van der Waals surface area contributed by atoms with Crippen molar-refractivity contribution in [2.75, 3.05) is 11.5 Å². The Balaban J connectivity index is 1.16. The summed E-state index contributed by atoms with van der Waals surface area (Å²) < 4.78 is 3.28. The third-order valence-corrected chi connectivity index (χ3v) is 10.1. The minimum Gasteiger partial charge on any atom is -0.504 e. The number of aromatic hydroxyl groups is 2. The molecule has 0 radical (unpaired) electrons. The number of hydrogen-bond donors (Lipinski definition) is 6. The molecule has 6 rings (SSSR count). The molecule has 2 unspecified atom stereocenters. The van der Waals surface area contributed by atoms with Gasteiger partial charge in [-0.15, -0.1) is 32.5 Å². The number of phenolic OH excluding ortho intramolecular Hbond substituents is 2. The first-order valence-corrected chi connectivity index (χ1v) is 17.1. The average Bonchev–Trinajstić information content (AvgIpc) is 3.64. The number of carbonyl (C=O) groups excluding carboxylic acids is 2. The van der Waals surface area contributed by atoms with Crippen molar-refractivity contribution in [2.45, 2.75) is 37.4 Å². The zero-order valence-corrected chi connectivity index (χ0v) is 28.8. The van der Waals surface area contributed by atoms with Gasteiger partial charge in [0.25, 0.3) is 11.8 Å². The Bertz CT molecular complexity index is 2190. The van der Waals surface area contributed by atoms with E-state index in [4.69, 9.17) is 10.6 Å². The molecule has 4 heterocycles. The fourth-order valence-corrected chi connectivity index (χ4v) is 7.15. The van der Waals surface area contributed by atoms with Crippen LogP contribution in [0.2, 0.25) is 0 Å². The van der Waals surface area contributed by atoms with Gasteiger partial charge in [-0.2, -0.15) is 0 Å². The normalized spacial score (nSPS) is 17.8. The smallest absolute Gasteiger partial charge is 0.352 e. The molecule has 17 nitrogen and oxygen atoms in total. The highest BCUT2D eigenvalue weighted by atomic mass is 32.2. The van der Waals surface area contributed by atoms with Gasteiger partial charge < -0.3 is 36.3 Å². The van der Waals surface area contributed by atoms with Crippen molar-refractivity contribution in [3.8, 4) is 11.5 Å². The number of fused-ring (bicyclic) bond motifs is 2. The second kappa shape index (κ2) is 13.4. The number of carbonyl (C=O) groups is 4. The largest absolute Gasteiger partial charge is 0.504 e. The second-order valence-corrected chi connectivity index (χ2v) is 14.0. The van der Waals surface area contributed by atoms with Gasteiger partial charge in [0, 0.05) is 23.3 Å². The molecular formula is C32H31N8O9S2+. The third-order valence-electron chi connectivity index (χ3n) is 8.08. The summed E-state index contributed by atoms with van der Waals surface area (Å²) >= 11 is 2.28. The molecule has 0 spiro atoms. The van der Waals surface area contributed by atoms with Crippen molar-refractivity contribution in [1.29, 1.82) is 0 Å². The maximum absolute atomic E-state index is 13.3. The number of carboxylic acid groups (broad SMARTS) is 2. The Labute approximate surface area is 296 Å². The number of aliphatic carboxylic acids is 2. The molecule has 264 valence electrons. The first-order chi connectivity index (χ1) is 24.1. The number of amides is 2. The van der Waals surface area contributed by atoms with Gasteiger partial charge in [-0.3, -0.25) is 14.5 Å². The molecule has 2 aliphatic heterocycles. The molecule has 0 saturated carbocycles. The summed E-state index contributed by atoms with van der Waals surface area (Å²) in [5.74, 6) is -4.45. The van der Waals surface area contributed by atoms with E-state index in [1.165, 1.54) is 43.1 Å². The molecule has 7 N–H and O–H groups in total. The number of nitrogens with zero attached hydrogens (tertiary/aromatic N) is 6. The Morgan fingerprint density at radius 1 is 1.16 bits per heavy atom. The molecule has 0 bridgehead atoms. The maximum atomic E-state index is 13.3. The number of thioether (sulfide) groups is 1.